The van der Waals surface area contributed by atoms with Crippen molar-refractivity contribution in [3.8, 4) is 5.75 Å². The maximum atomic E-state index is 13.8. The van der Waals surface area contributed by atoms with Crippen molar-refractivity contribution in [2.75, 3.05) is 31.1 Å². The molecule has 3 aliphatic rings. The van der Waals surface area contributed by atoms with E-state index in [9.17, 15) is 22.7 Å². The third-order valence-electron chi connectivity index (χ3n) is 8.90. The van der Waals surface area contributed by atoms with Gasteiger partial charge in [0.05, 0.1) is 15.5 Å². The molecule has 41 heavy (non-hydrogen) atoms. The Balaban J connectivity index is 1.22. The smallest absolute Gasteiger partial charge is 0.255 e. The molecule has 0 saturated carbocycles. The lowest BCUT2D eigenvalue weighted by molar-refractivity contribution is 0.0718. The van der Waals surface area contributed by atoms with Crippen molar-refractivity contribution < 1.29 is 22.7 Å². The maximum absolute atomic E-state index is 13.8. The first-order valence-corrected chi connectivity index (χ1v) is 15.9. The summed E-state index contributed by atoms with van der Waals surface area (Å²) in [5.41, 5.74) is 2.79. The van der Waals surface area contributed by atoms with Crippen molar-refractivity contribution in [1.82, 2.24) is 9.21 Å². The summed E-state index contributed by atoms with van der Waals surface area (Å²) in [5.74, 6) is -0.483. The highest BCUT2D eigenvalue weighted by atomic mass is 35.5. The third-order valence-corrected chi connectivity index (χ3v) is 11.1. The van der Waals surface area contributed by atoms with E-state index in [1.807, 2.05) is 18.2 Å². The Labute approximate surface area is 245 Å². The van der Waals surface area contributed by atoms with E-state index in [-0.39, 0.29) is 39.2 Å². The molecule has 3 fully saturated rings. The van der Waals surface area contributed by atoms with Gasteiger partial charge in [-0.25, -0.2) is 12.8 Å². The van der Waals surface area contributed by atoms with Crippen LogP contribution in [0.3, 0.4) is 0 Å². The number of rotatable bonds is 5. The van der Waals surface area contributed by atoms with Crippen LogP contribution in [0.4, 0.5) is 10.1 Å². The highest BCUT2D eigenvalue weighted by Crippen LogP contribution is 2.42. The third kappa shape index (κ3) is 5.19. The fourth-order valence-corrected chi connectivity index (χ4v) is 8.43. The number of phenols is 1. The van der Waals surface area contributed by atoms with Crippen LogP contribution in [-0.4, -0.2) is 66.9 Å². The number of aromatic hydroxyl groups is 1. The van der Waals surface area contributed by atoms with E-state index < -0.39 is 15.8 Å². The summed E-state index contributed by atoms with van der Waals surface area (Å²) in [7, 11) is -3.81. The number of likely N-dealkylation sites (tertiary alicyclic amines) is 1. The Morgan fingerprint density at radius 2 is 1.61 bits per heavy atom. The number of halogens is 2. The van der Waals surface area contributed by atoms with Crippen LogP contribution in [0.1, 0.15) is 53.1 Å². The lowest BCUT2D eigenvalue weighted by atomic mass is 9.90. The number of sulfonamides is 1. The molecule has 0 aromatic heterocycles. The van der Waals surface area contributed by atoms with Crippen molar-refractivity contribution in [3.63, 3.8) is 0 Å². The molecule has 0 aliphatic carbocycles. The molecule has 216 valence electrons. The SMILES string of the molecule is Cc1c(O)cc(S(=O)(=O)N2CCC(c3ccccc3)CC2)cc1N1[C@@H]2CC[C@H]1CN(C(=O)c1ccc(F)cc1Cl)C2. The van der Waals surface area contributed by atoms with Gasteiger partial charge in [0.1, 0.15) is 11.6 Å². The van der Waals surface area contributed by atoms with Gasteiger partial charge in [0, 0.05) is 55.6 Å². The van der Waals surface area contributed by atoms with Crippen molar-refractivity contribution in [2.45, 2.75) is 55.5 Å². The number of benzene rings is 3. The number of phenolic OH excluding ortho intramolecular Hbond substituents is 1. The second-order valence-corrected chi connectivity index (χ2v) is 13.6. The summed E-state index contributed by atoms with van der Waals surface area (Å²) >= 11 is 6.17. The Kier molecular flexibility index (Phi) is 7.46. The van der Waals surface area contributed by atoms with Crippen LogP contribution in [0.15, 0.2) is 65.6 Å². The molecular weight excluding hydrogens is 565 g/mol. The van der Waals surface area contributed by atoms with Gasteiger partial charge in [-0.1, -0.05) is 41.9 Å². The Hall–Kier alpha value is -3.14. The number of amides is 1. The van der Waals surface area contributed by atoms with Crippen molar-refractivity contribution in [1.29, 1.82) is 0 Å². The van der Waals surface area contributed by atoms with Crippen molar-refractivity contribution in [2.24, 2.45) is 0 Å². The number of nitrogens with zero attached hydrogens (tertiary/aromatic N) is 3. The number of hydrogen-bond donors (Lipinski definition) is 1. The molecule has 2 atom stereocenters. The summed E-state index contributed by atoms with van der Waals surface area (Å²) < 4.78 is 42.6. The minimum atomic E-state index is -3.81. The van der Waals surface area contributed by atoms with Crippen LogP contribution in [0.2, 0.25) is 5.02 Å². The molecule has 10 heteroatoms. The van der Waals surface area contributed by atoms with E-state index in [4.69, 9.17) is 11.6 Å². The van der Waals surface area contributed by atoms with Crippen LogP contribution in [0, 0.1) is 12.7 Å². The number of anilines is 1. The zero-order chi connectivity index (χ0) is 28.9. The van der Waals surface area contributed by atoms with Gasteiger partial charge in [-0.3, -0.25) is 4.79 Å². The second-order valence-electron chi connectivity index (χ2n) is 11.3. The van der Waals surface area contributed by atoms with E-state index >= 15 is 0 Å². The largest absolute Gasteiger partial charge is 0.508 e. The van der Waals surface area contributed by atoms with Gasteiger partial charge in [0.25, 0.3) is 5.91 Å². The quantitative estimate of drug-likeness (QED) is 0.417. The standard InChI is InChI=1S/C31H33ClFN3O4S/c1-20-29(36-24-8-9-25(36)19-34(18-24)31(38)27-10-7-23(33)15-28(27)32)16-26(17-30(20)37)41(39,40)35-13-11-22(12-14-35)21-5-3-2-4-6-21/h2-7,10,15-17,22,24-25,37H,8-9,11-14,18-19H2,1H3/t24-,25+. The highest BCUT2D eigenvalue weighted by molar-refractivity contribution is 7.89. The zero-order valence-electron chi connectivity index (χ0n) is 22.8. The molecule has 0 spiro atoms. The van der Waals surface area contributed by atoms with Crippen LogP contribution in [0.25, 0.3) is 0 Å². The van der Waals surface area contributed by atoms with E-state index in [0.717, 1.165) is 31.7 Å². The Morgan fingerprint density at radius 1 is 0.951 bits per heavy atom. The summed E-state index contributed by atoms with van der Waals surface area (Å²) in [5, 5.41) is 11.0. The molecule has 0 radical (unpaired) electrons. The van der Waals surface area contributed by atoms with Gasteiger partial charge in [-0.05, 0) is 68.4 Å². The summed E-state index contributed by atoms with van der Waals surface area (Å²) in [6.07, 6.45) is 3.14. The zero-order valence-corrected chi connectivity index (χ0v) is 24.4. The number of carbonyl (C=O) groups excluding carboxylic acids is 1. The van der Waals surface area contributed by atoms with E-state index in [1.54, 1.807) is 17.9 Å². The number of piperazine rings is 1. The topological polar surface area (TPSA) is 81.2 Å². The summed E-state index contributed by atoms with van der Waals surface area (Å²) in [6.45, 7) is 3.48. The van der Waals surface area contributed by atoms with Crippen LogP contribution in [-0.2, 0) is 10.0 Å². The molecular formula is C31H33ClFN3O4S. The molecule has 6 rings (SSSR count). The van der Waals surface area contributed by atoms with E-state index in [0.29, 0.717) is 43.3 Å². The Bertz CT molecular complexity index is 1560. The summed E-state index contributed by atoms with van der Waals surface area (Å²) in [6, 6.07) is 16.9. The first-order valence-electron chi connectivity index (χ1n) is 14.0. The summed E-state index contributed by atoms with van der Waals surface area (Å²) in [4.78, 5) is 17.3. The molecule has 3 heterocycles. The molecule has 3 aromatic carbocycles. The predicted octanol–water partition coefficient (Wildman–Crippen LogP) is 5.55. The minimum absolute atomic E-state index is 0.0467. The Morgan fingerprint density at radius 3 is 2.24 bits per heavy atom. The number of hydrogen-bond acceptors (Lipinski definition) is 5. The molecule has 3 aliphatic heterocycles. The van der Waals surface area contributed by atoms with Gasteiger partial charge < -0.3 is 14.9 Å². The van der Waals surface area contributed by atoms with E-state index in [1.165, 1.54) is 28.1 Å². The average Bonchev–Trinajstić information content (AvgIpc) is 3.22. The minimum Gasteiger partial charge on any atom is -0.508 e. The van der Waals surface area contributed by atoms with Crippen molar-refractivity contribution in [3.05, 3.63) is 88.2 Å². The lowest BCUT2D eigenvalue weighted by Crippen LogP contribution is -2.55. The van der Waals surface area contributed by atoms with Gasteiger partial charge in [0.2, 0.25) is 10.0 Å². The van der Waals surface area contributed by atoms with Gasteiger partial charge >= 0.3 is 0 Å². The maximum Gasteiger partial charge on any atom is 0.255 e. The van der Waals surface area contributed by atoms with Gasteiger partial charge in [0.15, 0.2) is 0 Å². The van der Waals surface area contributed by atoms with E-state index in [2.05, 4.69) is 17.0 Å². The number of fused-ring (bicyclic) bond motifs is 2. The van der Waals surface area contributed by atoms with Crippen LogP contribution in [0.5, 0.6) is 5.75 Å². The fraction of sp³-hybridized carbons (Fsp3) is 0.387. The monoisotopic (exact) mass is 597 g/mol. The highest BCUT2D eigenvalue weighted by Gasteiger charge is 2.43. The van der Waals surface area contributed by atoms with Gasteiger partial charge in [-0.2, -0.15) is 4.31 Å². The van der Waals surface area contributed by atoms with Crippen LogP contribution >= 0.6 is 11.6 Å². The van der Waals surface area contributed by atoms with Crippen LogP contribution < -0.4 is 4.90 Å². The normalized spacial score (nSPS) is 21.8. The molecule has 2 bridgehead atoms. The molecule has 3 saturated heterocycles. The first kappa shape index (κ1) is 28.0. The second kappa shape index (κ2) is 10.9. The van der Waals surface area contributed by atoms with Crippen molar-refractivity contribution >= 4 is 33.2 Å². The molecule has 7 nitrogen and oxygen atoms in total. The molecule has 0 unspecified atom stereocenters. The lowest BCUT2D eigenvalue weighted by Gasteiger charge is -2.43. The predicted molar refractivity (Wildman–Crippen MR) is 157 cm³/mol. The number of carbonyl (C=O) groups is 1. The first-order chi connectivity index (χ1) is 19.6. The number of piperidine rings is 1. The molecule has 3 aromatic rings. The fourth-order valence-electron chi connectivity index (χ4n) is 6.68. The van der Waals surface area contributed by atoms with Gasteiger partial charge in [-0.15, -0.1) is 0 Å². The molecule has 1 amide bonds. The average molecular weight is 598 g/mol. The molecule has 1 N–H and O–H groups in total.